The van der Waals surface area contributed by atoms with Crippen molar-refractivity contribution in [2.75, 3.05) is 0 Å². The van der Waals surface area contributed by atoms with Crippen LogP contribution in [0.2, 0.25) is 0 Å². The Bertz CT molecular complexity index is 176. The van der Waals surface area contributed by atoms with E-state index in [1.807, 2.05) is 6.07 Å². The molecular weight excluding hydrogens is 118 g/mol. The molecule has 1 saturated carbocycles. The van der Waals surface area contributed by atoms with Crippen molar-refractivity contribution in [2.45, 2.75) is 25.4 Å². The van der Waals surface area contributed by atoms with Gasteiger partial charge in [-0.2, -0.15) is 5.26 Å². The molecule has 0 N–H and O–H groups in total. The van der Waals surface area contributed by atoms with E-state index in [0.717, 1.165) is 0 Å². The molecule has 0 radical (unpaired) electrons. The van der Waals surface area contributed by atoms with Gasteiger partial charge in [-0.1, -0.05) is 0 Å². The average Bonchev–Trinajstić information content (AvgIpc) is 2.48. The highest BCUT2D eigenvalue weighted by Gasteiger charge is 2.46. The molecule has 0 aromatic rings. The third-order valence-corrected chi connectivity index (χ3v) is 1.25. The van der Waals surface area contributed by atoms with Crippen LogP contribution in [0.5, 0.6) is 0 Å². The molecule has 1 aliphatic rings. The zero-order valence-electron chi connectivity index (χ0n) is 5.18. The normalized spacial score (nSPS) is 20.0. The number of nitriles is 1. The maximum absolute atomic E-state index is 10.3. The van der Waals surface area contributed by atoms with Crippen LogP contribution >= 0.6 is 0 Å². The lowest BCUT2D eigenvalue weighted by Gasteiger charge is -2.03. The van der Waals surface area contributed by atoms with E-state index < -0.39 is 5.60 Å². The van der Waals surface area contributed by atoms with Gasteiger partial charge < -0.3 is 4.74 Å². The molecule has 0 aromatic heterocycles. The molecular formula is C6H7NO2. The maximum Gasteiger partial charge on any atom is 0.304 e. The molecule has 9 heavy (non-hydrogen) atoms. The zero-order valence-corrected chi connectivity index (χ0v) is 5.18. The number of ether oxygens (including phenoxy) is 1. The summed E-state index contributed by atoms with van der Waals surface area (Å²) >= 11 is 0. The Kier molecular flexibility index (Phi) is 1.17. The van der Waals surface area contributed by atoms with E-state index in [0.29, 0.717) is 12.8 Å². The molecule has 0 saturated heterocycles. The molecule has 0 amide bonds. The van der Waals surface area contributed by atoms with Gasteiger partial charge >= 0.3 is 5.97 Å². The van der Waals surface area contributed by atoms with E-state index in [1.54, 1.807) is 0 Å². The molecule has 3 nitrogen and oxygen atoms in total. The summed E-state index contributed by atoms with van der Waals surface area (Å²) < 4.78 is 4.70. The Morgan fingerprint density at radius 2 is 2.33 bits per heavy atom. The Morgan fingerprint density at radius 3 is 2.44 bits per heavy atom. The predicted octanol–water partition coefficient (Wildman–Crippen LogP) is 0.606. The lowest BCUT2D eigenvalue weighted by molar-refractivity contribution is -0.145. The molecule has 3 heteroatoms. The van der Waals surface area contributed by atoms with Gasteiger partial charge in [0.05, 0.1) is 0 Å². The first-order valence-electron chi connectivity index (χ1n) is 2.79. The van der Waals surface area contributed by atoms with Gasteiger partial charge in [0.25, 0.3) is 0 Å². The van der Waals surface area contributed by atoms with Gasteiger partial charge in [0.2, 0.25) is 0 Å². The van der Waals surface area contributed by atoms with Crippen molar-refractivity contribution >= 4 is 5.97 Å². The van der Waals surface area contributed by atoms with Crippen LogP contribution in [0.4, 0.5) is 0 Å². The first kappa shape index (κ1) is 6.09. The summed E-state index contributed by atoms with van der Waals surface area (Å²) in [6.45, 7) is 1.32. The molecule has 48 valence electrons. The monoisotopic (exact) mass is 125 g/mol. The molecule has 0 unspecified atom stereocenters. The predicted molar refractivity (Wildman–Crippen MR) is 29.3 cm³/mol. The van der Waals surface area contributed by atoms with E-state index in [9.17, 15) is 4.79 Å². The van der Waals surface area contributed by atoms with Gasteiger partial charge in [0.15, 0.2) is 5.60 Å². The molecule has 0 heterocycles. The fraction of sp³-hybridized carbons (Fsp3) is 0.667. The minimum atomic E-state index is -0.730. The number of carbonyl (C=O) groups excluding carboxylic acids is 1. The Morgan fingerprint density at radius 1 is 1.78 bits per heavy atom. The number of nitrogens with zero attached hydrogens (tertiary/aromatic N) is 1. The highest BCUT2D eigenvalue weighted by Crippen LogP contribution is 2.38. The van der Waals surface area contributed by atoms with E-state index in [2.05, 4.69) is 0 Å². The van der Waals surface area contributed by atoms with Gasteiger partial charge in [0, 0.05) is 19.8 Å². The lowest BCUT2D eigenvalue weighted by Crippen LogP contribution is -2.14. The van der Waals surface area contributed by atoms with Gasteiger partial charge in [-0.15, -0.1) is 0 Å². The summed E-state index contributed by atoms with van der Waals surface area (Å²) in [5, 5.41) is 8.38. The lowest BCUT2D eigenvalue weighted by atomic mass is 10.4. The quantitative estimate of drug-likeness (QED) is 0.482. The molecule has 0 atom stereocenters. The number of hydrogen-bond acceptors (Lipinski definition) is 3. The Hall–Kier alpha value is -1.04. The van der Waals surface area contributed by atoms with Crippen LogP contribution < -0.4 is 0 Å². The third-order valence-electron chi connectivity index (χ3n) is 1.25. The highest BCUT2D eigenvalue weighted by atomic mass is 16.6. The van der Waals surface area contributed by atoms with Gasteiger partial charge in [-0.25, -0.2) is 0 Å². The van der Waals surface area contributed by atoms with Crippen LogP contribution in [0, 0.1) is 11.3 Å². The first-order valence-corrected chi connectivity index (χ1v) is 2.79. The summed E-state index contributed by atoms with van der Waals surface area (Å²) in [4.78, 5) is 10.3. The van der Waals surface area contributed by atoms with Crippen molar-refractivity contribution in [1.82, 2.24) is 0 Å². The van der Waals surface area contributed by atoms with Crippen LogP contribution in [0.1, 0.15) is 19.8 Å². The van der Waals surface area contributed by atoms with Crippen LogP contribution in [0.15, 0.2) is 0 Å². The molecule has 0 aromatic carbocycles. The molecule has 1 fully saturated rings. The van der Waals surface area contributed by atoms with Crippen LogP contribution in [0.25, 0.3) is 0 Å². The minimum absolute atomic E-state index is 0.367. The van der Waals surface area contributed by atoms with Crippen molar-refractivity contribution in [3.8, 4) is 6.07 Å². The molecule has 1 rings (SSSR count). The van der Waals surface area contributed by atoms with Crippen molar-refractivity contribution in [2.24, 2.45) is 0 Å². The maximum atomic E-state index is 10.3. The van der Waals surface area contributed by atoms with Crippen molar-refractivity contribution in [3.05, 3.63) is 0 Å². The summed E-state index contributed by atoms with van der Waals surface area (Å²) in [6, 6.07) is 1.94. The summed E-state index contributed by atoms with van der Waals surface area (Å²) in [5.74, 6) is -0.367. The molecule has 0 spiro atoms. The summed E-state index contributed by atoms with van der Waals surface area (Å²) in [5.41, 5.74) is -0.730. The minimum Gasteiger partial charge on any atom is -0.444 e. The molecule has 1 aliphatic carbocycles. The topological polar surface area (TPSA) is 50.1 Å². The van der Waals surface area contributed by atoms with E-state index in [4.69, 9.17) is 10.00 Å². The van der Waals surface area contributed by atoms with Crippen molar-refractivity contribution < 1.29 is 9.53 Å². The van der Waals surface area contributed by atoms with E-state index in [1.165, 1.54) is 6.92 Å². The van der Waals surface area contributed by atoms with Gasteiger partial charge in [0.1, 0.15) is 6.07 Å². The Labute approximate surface area is 53.2 Å². The standard InChI is InChI=1S/C6H7NO2/c1-5(8)9-6(4-7)2-3-6/h2-3H2,1H3. The second-order valence-corrected chi connectivity index (χ2v) is 2.20. The fourth-order valence-electron chi connectivity index (χ4n) is 0.625. The number of esters is 1. The largest absolute Gasteiger partial charge is 0.444 e. The number of rotatable bonds is 1. The third kappa shape index (κ3) is 1.20. The van der Waals surface area contributed by atoms with Gasteiger partial charge in [-0.3, -0.25) is 4.79 Å². The summed E-state index contributed by atoms with van der Waals surface area (Å²) in [7, 11) is 0. The number of carbonyl (C=O) groups is 1. The zero-order chi connectivity index (χ0) is 6.91. The fourth-order valence-corrected chi connectivity index (χ4v) is 0.625. The van der Waals surface area contributed by atoms with E-state index in [-0.39, 0.29) is 5.97 Å². The van der Waals surface area contributed by atoms with Crippen LogP contribution in [-0.2, 0) is 9.53 Å². The second-order valence-electron chi connectivity index (χ2n) is 2.20. The molecule has 0 bridgehead atoms. The first-order chi connectivity index (χ1) is 4.18. The van der Waals surface area contributed by atoms with Gasteiger partial charge in [-0.05, 0) is 0 Å². The van der Waals surface area contributed by atoms with Crippen LogP contribution in [-0.4, -0.2) is 11.6 Å². The smallest absolute Gasteiger partial charge is 0.304 e. The van der Waals surface area contributed by atoms with Crippen molar-refractivity contribution in [3.63, 3.8) is 0 Å². The Balaban J connectivity index is 2.45. The summed E-state index contributed by atoms with van der Waals surface area (Å²) in [6.07, 6.45) is 1.40. The number of hydrogen-bond donors (Lipinski definition) is 0. The molecule has 0 aliphatic heterocycles. The van der Waals surface area contributed by atoms with Crippen LogP contribution in [0.3, 0.4) is 0 Å². The highest BCUT2D eigenvalue weighted by molar-refractivity contribution is 5.67. The average molecular weight is 125 g/mol. The van der Waals surface area contributed by atoms with E-state index >= 15 is 0 Å². The second kappa shape index (κ2) is 1.73. The van der Waals surface area contributed by atoms with Crippen molar-refractivity contribution in [1.29, 1.82) is 5.26 Å². The SMILES string of the molecule is CC(=O)OC1(C#N)CC1.